The molecule has 0 unspecified atom stereocenters. The van der Waals surface area contributed by atoms with Gasteiger partial charge in [0.15, 0.2) is 5.60 Å². The maximum absolute atomic E-state index is 6.28. The lowest BCUT2D eigenvalue weighted by molar-refractivity contribution is -0.500. The molecule has 0 aromatic heterocycles. The monoisotopic (exact) mass is 316 g/mol. The fourth-order valence-corrected chi connectivity index (χ4v) is 5.23. The van der Waals surface area contributed by atoms with Crippen LogP contribution in [0.4, 0.5) is 0 Å². The van der Waals surface area contributed by atoms with Crippen molar-refractivity contribution in [3.8, 4) is 0 Å². The van der Waals surface area contributed by atoms with Gasteiger partial charge in [-0.3, -0.25) is 0 Å². The van der Waals surface area contributed by atoms with Crippen LogP contribution in [0.1, 0.15) is 56.9 Å². The number of fused-ring (bicyclic) bond motifs is 5. The average Bonchev–Trinajstić information content (AvgIpc) is 3.16. The standard InChI is InChI=1S/C19H24O4/c1-3-7-15(8-4-1)19-16-10-9-14(13-16)17(19)20-21-18(22-23-19)11-5-2-6-12-18/h1,3-4,7-8,14,16-17H,2,5-6,9-13H2/t14-,16+,17+,19-/m0/s1. The van der Waals surface area contributed by atoms with Gasteiger partial charge in [0.1, 0.15) is 6.10 Å². The molecule has 1 aliphatic heterocycles. The maximum Gasteiger partial charge on any atom is 0.234 e. The van der Waals surface area contributed by atoms with Gasteiger partial charge in [-0.2, -0.15) is 9.78 Å². The summed E-state index contributed by atoms with van der Waals surface area (Å²) in [6.45, 7) is 0. The van der Waals surface area contributed by atoms with E-state index in [1.54, 1.807) is 0 Å². The van der Waals surface area contributed by atoms with Gasteiger partial charge < -0.3 is 0 Å². The molecule has 1 aromatic rings. The SMILES string of the molecule is c1ccc([C@@]23OOC4(CCCCC4)OO[C@@H]2[C@H]2CC[C@@H]3C2)cc1. The molecule has 4 heteroatoms. The lowest BCUT2D eigenvalue weighted by Gasteiger charge is -2.39. The van der Waals surface area contributed by atoms with Gasteiger partial charge in [0.25, 0.3) is 0 Å². The van der Waals surface area contributed by atoms with Crippen molar-refractivity contribution in [1.29, 1.82) is 0 Å². The van der Waals surface area contributed by atoms with Crippen LogP contribution in [0.25, 0.3) is 0 Å². The van der Waals surface area contributed by atoms with Crippen LogP contribution >= 0.6 is 0 Å². The van der Waals surface area contributed by atoms with Crippen LogP contribution < -0.4 is 0 Å². The van der Waals surface area contributed by atoms with E-state index in [0.29, 0.717) is 11.8 Å². The van der Waals surface area contributed by atoms with E-state index in [1.807, 2.05) is 6.07 Å². The first-order chi connectivity index (χ1) is 11.3. The Labute approximate surface area is 136 Å². The molecule has 3 aliphatic carbocycles. The van der Waals surface area contributed by atoms with E-state index < -0.39 is 11.4 Å². The molecule has 4 aliphatic rings. The van der Waals surface area contributed by atoms with Gasteiger partial charge >= 0.3 is 0 Å². The van der Waals surface area contributed by atoms with Crippen molar-refractivity contribution in [3.05, 3.63) is 35.9 Å². The minimum Gasteiger partial charge on any atom is -0.226 e. The van der Waals surface area contributed by atoms with Gasteiger partial charge in [-0.15, -0.1) is 0 Å². The normalized spacial score (nSPS) is 41.7. The molecule has 4 fully saturated rings. The van der Waals surface area contributed by atoms with E-state index in [0.717, 1.165) is 37.7 Å². The van der Waals surface area contributed by atoms with Gasteiger partial charge in [0.05, 0.1) is 0 Å². The van der Waals surface area contributed by atoms with Crippen LogP contribution in [0.2, 0.25) is 0 Å². The summed E-state index contributed by atoms with van der Waals surface area (Å²) in [5, 5.41) is 0. The molecule has 2 bridgehead atoms. The number of hydrogen-bond donors (Lipinski definition) is 0. The smallest absolute Gasteiger partial charge is 0.226 e. The second kappa shape index (κ2) is 5.28. The Balaban J connectivity index is 1.53. The first kappa shape index (κ1) is 14.4. The summed E-state index contributed by atoms with van der Waals surface area (Å²) in [5.74, 6) is 0.244. The van der Waals surface area contributed by atoms with Crippen molar-refractivity contribution >= 4 is 0 Å². The van der Waals surface area contributed by atoms with E-state index in [2.05, 4.69) is 24.3 Å². The van der Waals surface area contributed by atoms with Crippen molar-refractivity contribution in [2.75, 3.05) is 0 Å². The Kier molecular flexibility index (Phi) is 3.31. The van der Waals surface area contributed by atoms with Crippen LogP contribution in [0, 0.1) is 11.8 Å². The Morgan fingerprint density at radius 1 is 0.870 bits per heavy atom. The molecule has 4 nitrogen and oxygen atoms in total. The van der Waals surface area contributed by atoms with Gasteiger partial charge in [-0.05, 0) is 49.5 Å². The van der Waals surface area contributed by atoms with E-state index in [9.17, 15) is 0 Å². The zero-order chi connectivity index (χ0) is 15.3. The molecule has 23 heavy (non-hydrogen) atoms. The van der Waals surface area contributed by atoms with Gasteiger partial charge in [-0.1, -0.05) is 36.8 Å². The maximum atomic E-state index is 6.28. The van der Waals surface area contributed by atoms with Crippen molar-refractivity contribution in [2.45, 2.75) is 68.9 Å². The van der Waals surface area contributed by atoms with Gasteiger partial charge in [0, 0.05) is 12.8 Å². The molecule has 4 atom stereocenters. The van der Waals surface area contributed by atoms with Crippen LogP contribution in [0.15, 0.2) is 30.3 Å². The molecule has 5 rings (SSSR count). The molecule has 0 amide bonds. The van der Waals surface area contributed by atoms with Crippen LogP contribution in [0.5, 0.6) is 0 Å². The number of hydrogen-bond acceptors (Lipinski definition) is 4. The quantitative estimate of drug-likeness (QED) is 0.726. The third-order valence-corrected chi connectivity index (χ3v) is 6.41. The molecule has 0 radical (unpaired) electrons. The first-order valence-electron chi connectivity index (χ1n) is 9.09. The van der Waals surface area contributed by atoms with Crippen LogP contribution in [-0.4, -0.2) is 11.9 Å². The van der Waals surface area contributed by atoms with Crippen molar-refractivity contribution < 1.29 is 19.6 Å². The Morgan fingerprint density at radius 3 is 2.52 bits per heavy atom. The molecule has 124 valence electrons. The van der Waals surface area contributed by atoms with Crippen molar-refractivity contribution in [3.63, 3.8) is 0 Å². The van der Waals surface area contributed by atoms with Crippen molar-refractivity contribution in [1.82, 2.24) is 0 Å². The predicted octanol–water partition coefficient (Wildman–Crippen LogP) is 4.25. The summed E-state index contributed by atoms with van der Waals surface area (Å²) < 4.78 is 0. The van der Waals surface area contributed by atoms with Crippen molar-refractivity contribution in [2.24, 2.45) is 11.8 Å². The second-order valence-electron chi connectivity index (χ2n) is 7.67. The highest BCUT2D eigenvalue weighted by molar-refractivity contribution is 5.29. The zero-order valence-electron chi connectivity index (χ0n) is 13.4. The third kappa shape index (κ3) is 2.05. The Morgan fingerprint density at radius 2 is 1.70 bits per heavy atom. The summed E-state index contributed by atoms with van der Waals surface area (Å²) in [5.41, 5.74) is 0.652. The molecular weight excluding hydrogens is 292 g/mol. The zero-order valence-corrected chi connectivity index (χ0v) is 13.4. The minimum atomic E-state index is -0.705. The van der Waals surface area contributed by atoms with Crippen LogP contribution in [-0.2, 0) is 25.2 Å². The average molecular weight is 316 g/mol. The molecule has 1 spiro atoms. The highest BCUT2D eigenvalue weighted by atomic mass is 17.3. The Bertz CT molecular complexity index is 568. The molecule has 0 N–H and O–H groups in total. The minimum absolute atomic E-state index is 0.0649. The summed E-state index contributed by atoms with van der Waals surface area (Å²) in [4.78, 5) is 24.2. The number of rotatable bonds is 1. The molecular formula is C19H24O4. The molecule has 3 saturated carbocycles. The molecule has 1 heterocycles. The summed E-state index contributed by atoms with van der Waals surface area (Å²) in [6.07, 6.45) is 8.57. The lowest BCUT2D eigenvalue weighted by atomic mass is 9.77. The predicted molar refractivity (Wildman–Crippen MR) is 82.9 cm³/mol. The van der Waals surface area contributed by atoms with Crippen LogP contribution in [0.3, 0.4) is 0 Å². The Hall–Kier alpha value is -0.940. The largest absolute Gasteiger partial charge is 0.234 e. The third-order valence-electron chi connectivity index (χ3n) is 6.41. The topological polar surface area (TPSA) is 36.9 Å². The van der Waals surface area contributed by atoms with Gasteiger partial charge in [0.2, 0.25) is 5.79 Å². The fourth-order valence-electron chi connectivity index (χ4n) is 5.23. The van der Waals surface area contributed by atoms with Gasteiger partial charge in [-0.25, -0.2) is 9.78 Å². The summed E-state index contributed by atoms with van der Waals surface area (Å²) >= 11 is 0. The summed E-state index contributed by atoms with van der Waals surface area (Å²) in [7, 11) is 0. The van der Waals surface area contributed by atoms with E-state index in [1.165, 1.54) is 19.3 Å². The van der Waals surface area contributed by atoms with E-state index in [-0.39, 0.29) is 6.10 Å². The van der Waals surface area contributed by atoms with E-state index >= 15 is 0 Å². The number of benzene rings is 1. The molecule has 1 aromatic carbocycles. The fraction of sp³-hybridized carbons (Fsp3) is 0.684. The highest BCUT2D eigenvalue weighted by Crippen LogP contribution is 2.60. The second-order valence-corrected chi connectivity index (χ2v) is 7.67. The highest BCUT2D eigenvalue weighted by Gasteiger charge is 2.65. The van der Waals surface area contributed by atoms with E-state index in [4.69, 9.17) is 19.6 Å². The summed E-state index contributed by atoms with van der Waals surface area (Å²) in [6, 6.07) is 10.5. The lowest BCUT2D eigenvalue weighted by Crippen LogP contribution is -2.47. The molecule has 1 saturated heterocycles. The first-order valence-corrected chi connectivity index (χ1v) is 9.09.